The van der Waals surface area contributed by atoms with Crippen LogP contribution < -0.4 is 5.32 Å². The summed E-state index contributed by atoms with van der Waals surface area (Å²) in [5.74, 6) is 1.55. The SMILES string of the molecule is CCNC(=NCC(C)c1cccc(C)c1)N1CCCC1. The predicted octanol–water partition coefficient (Wildman–Crippen LogP) is 3.16. The molecule has 0 aliphatic carbocycles. The highest BCUT2D eigenvalue weighted by molar-refractivity contribution is 5.80. The van der Waals surface area contributed by atoms with E-state index in [2.05, 4.69) is 55.3 Å². The number of nitrogens with zero attached hydrogens (tertiary/aromatic N) is 2. The lowest BCUT2D eigenvalue weighted by Gasteiger charge is -2.21. The molecule has 0 bridgehead atoms. The van der Waals surface area contributed by atoms with Gasteiger partial charge in [0.25, 0.3) is 0 Å². The van der Waals surface area contributed by atoms with Gasteiger partial charge in [0.05, 0.1) is 0 Å². The quantitative estimate of drug-likeness (QED) is 0.674. The minimum Gasteiger partial charge on any atom is -0.357 e. The lowest BCUT2D eigenvalue weighted by Crippen LogP contribution is -2.39. The van der Waals surface area contributed by atoms with Gasteiger partial charge in [-0.25, -0.2) is 0 Å². The summed E-state index contributed by atoms with van der Waals surface area (Å²) in [5, 5.41) is 3.42. The fraction of sp³-hybridized carbons (Fsp3) is 0.588. The van der Waals surface area contributed by atoms with E-state index in [1.54, 1.807) is 0 Å². The first-order valence-corrected chi connectivity index (χ1v) is 7.80. The Morgan fingerprint density at radius 1 is 1.35 bits per heavy atom. The molecule has 0 spiro atoms. The molecule has 3 heteroatoms. The van der Waals surface area contributed by atoms with Gasteiger partial charge in [0.15, 0.2) is 5.96 Å². The average molecular weight is 273 g/mol. The summed E-state index contributed by atoms with van der Waals surface area (Å²) < 4.78 is 0. The van der Waals surface area contributed by atoms with Crippen molar-refractivity contribution in [3.8, 4) is 0 Å². The van der Waals surface area contributed by atoms with Gasteiger partial charge in [-0.15, -0.1) is 0 Å². The van der Waals surface area contributed by atoms with Gasteiger partial charge in [-0.3, -0.25) is 4.99 Å². The number of aliphatic imine (C=N–C) groups is 1. The third-order valence-electron chi connectivity index (χ3n) is 3.87. The van der Waals surface area contributed by atoms with E-state index in [1.807, 2.05) is 0 Å². The van der Waals surface area contributed by atoms with Gasteiger partial charge in [-0.05, 0) is 32.3 Å². The van der Waals surface area contributed by atoms with Crippen molar-refractivity contribution in [2.24, 2.45) is 4.99 Å². The Morgan fingerprint density at radius 2 is 2.10 bits per heavy atom. The Morgan fingerprint density at radius 3 is 2.75 bits per heavy atom. The van der Waals surface area contributed by atoms with Crippen LogP contribution in [0.4, 0.5) is 0 Å². The molecule has 110 valence electrons. The van der Waals surface area contributed by atoms with E-state index in [1.165, 1.54) is 24.0 Å². The molecule has 3 nitrogen and oxygen atoms in total. The maximum Gasteiger partial charge on any atom is 0.193 e. The summed E-state index contributed by atoms with van der Waals surface area (Å²) in [5.41, 5.74) is 2.70. The van der Waals surface area contributed by atoms with Crippen molar-refractivity contribution < 1.29 is 0 Å². The largest absolute Gasteiger partial charge is 0.357 e. The van der Waals surface area contributed by atoms with E-state index < -0.39 is 0 Å². The molecule has 1 N–H and O–H groups in total. The van der Waals surface area contributed by atoms with E-state index in [0.29, 0.717) is 5.92 Å². The Kier molecular flexibility index (Phi) is 5.45. The molecule has 2 rings (SSSR count). The fourth-order valence-corrected chi connectivity index (χ4v) is 2.66. The van der Waals surface area contributed by atoms with Crippen molar-refractivity contribution >= 4 is 5.96 Å². The molecule has 1 unspecified atom stereocenters. The molecule has 1 aliphatic heterocycles. The Hall–Kier alpha value is -1.51. The van der Waals surface area contributed by atoms with Crippen LogP contribution in [0.5, 0.6) is 0 Å². The maximum absolute atomic E-state index is 4.83. The van der Waals surface area contributed by atoms with Crippen LogP contribution in [-0.2, 0) is 0 Å². The first-order valence-electron chi connectivity index (χ1n) is 7.80. The average Bonchev–Trinajstić information content (AvgIpc) is 2.97. The minimum absolute atomic E-state index is 0.464. The van der Waals surface area contributed by atoms with Crippen LogP contribution in [0, 0.1) is 6.92 Å². The van der Waals surface area contributed by atoms with Crippen LogP contribution in [0.1, 0.15) is 43.7 Å². The molecule has 1 fully saturated rings. The molecule has 0 amide bonds. The molecule has 1 aliphatic rings. The van der Waals surface area contributed by atoms with Gasteiger partial charge < -0.3 is 10.2 Å². The van der Waals surface area contributed by atoms with E-state index in [-0.39, 0.29) is 0 Å². The van der Waals surface area contributed by atoms with E-state index >= 15 is 0 Å². The topological polar surface area (TPSA) is 27.6 Å². The number of rotatable bonds is 4. The van der Waals surface area contributed by atoms with Crippen LogP contribution in [0.15, 0.2) is 29.3 Å². The zero-order chi connectivity index (χ0) is 14.4. The molecule has 1 atom stereocenters. The smallest absolute Gasteiger partial charge is 0.193 e. The summed E-state index contributed by atoms with van der Waals surface area (Å²) in [4.78, 5) is 7.21. The Labute approximate surface area is 123 Å². The van der Waals surface area contributed by atoms with Gasteiger partial charge in [0.2, 0.25) is 0 Å². The normalized spacial score (nSPS) is 17.4. The second-order valence-corrected chi connectivity index (χ2v) is 5.70. The molecule has 0 saturated carbocycles. The van der Waals surface area contributed by atoms with E-state index in [0.717, 1.165) is 32.1 Å². The second-order valence-electron chi connectivity index (χ2n) is 5.70. The number of hydrogen-bond acceptors (Lipinski definition) is 1. The van der Waals surface area contributed by atoms with E-state index in [4.69, 9.17) is 4.99 Å². The van der Waals surface area contributed by atoms with Crippen molar-refractivity contribution in [2.75, 3.05) is 26.2 Å². The number of guanidine groups is 1. The van der Waals surface area contributed by atoms with Crippen LogP contribution in [0.2, 0.25) is 0 Å². The predicted molar refractivity (Wildman–Crippen MR) is 86.4 cm³/mol. The van der Waals surface area contributed by atoms with Crippen LogP contribution in [0.3, 0.4) is 0 Å². The molecule has 1 heterocycles. The summed E-state index contributed by atoms with van der Waals surface area (Å²) in [7, 11) is 0. The summed E-state index contributed by atoms with van der Waals surface area (Å²) >= 11 is 0. The molecule has 1 aromatic carbocycles. The maximum atomic E-state index is 4.83. The van der Waals surface area contributed by atoms with Gasteiger partial charge in [0.1, 0.15) is 0 Å². The van der Waals surface area contributed by atoms with Gasteiger partial charge in [-0.2, -0.15) is 0 Å². The number of benzene rings is 1. The lowest BCUT2D eigenvalue weighted by molar-refractivity contribution is 0.492. The molecular formula is C17H27N3. The van der Waals surface area contributed by atoms with Gasteiger partial charge in [0, 0.05) is 32.1 Å². The van der Waals surface area contributed by atoms with Gasteiger partial charge in [-0.1, -0.05) is 36.8 Å². The molecule has 0 radical (unpaired) electrons. The number of aryl methyl sites for hydroxylation is 1. The van der Waals surface area contributed by atoms with Crippen molar-refractivity contribution in [2.45, 2.75) is 39.5 Å². The van der Waals surface area contributed by atoms with Crippen molar-refractivity contribution in [1.82, 2.24) is 10.2 Å². The molecular weight excluding hydrogens is 246 g/mol. The van der Waals surface area contributed by atoms with Crippen LogP contribution in [-0.4, -0.2) is 37.0 Å². The van der Waals surface area contributed by atoms with Crippen LogP contribution in [0.25, 0.3) is 0 Å². The zero-order valence-electron chi connectivity index (χ0n) is 13.0. The Balaban J connectivity index is 2.00. The van der Waals surface area contributed by atoms with Crippen molar-refractivity contribution in [3.05, 3.63) is 35.4 Å². The lowest BCUT2D eigenvalue weighted by atomic mass is 10.00. The minimum atomic E-state index is 0.464. The monoisotopic (exact) mass is 273 g/mol. The zero-order valence-corrected chi connectivity index (χ0v) is 13.0. The van der Waals surface area contributed by atoms with Crippen molar-refractivity contribution in [1.29, 1.82) is 0 Å². The standard InChI is InChI=1S/C17H27N3/c1-4-18-17(20-10-5-6-11-20)19-13-15(3)16-9-7-8-14(2)12-16/h7-9,12,15H,4-6,10-11,13H2,1-3H3,(H,18,19). The van der Waals surface area contributed by atoms with Gasteiger partial charge >= 0.3 is 0 Å². The second kappa shape index (κ2) is 7.32. The molecule has 20 heavy (non-hydrogen) atoms. The van der Waals surface area contributed by atoms with Crippen molar-refractivity contribution in [3.63, 3.8) is 0 Å². The first-order chi connectivity index (χ1) is 9.70. The third kappa shape index (κ3) is 3.99. The summed E-state index contributed by atoms with van der Waals surface area (Å²) in [6.07, 6.45) is 2.58. The summed E-state index contributed by atoms with van der Waals surface area (Å²) in [6, 6.07) is 8.75. The molecule has 0 aromatic heterocycles. The third-order valence-corrected chi connectivity index (χ3v) is 3.87. The molecule has 1 aromatic rings. The Bertz CT molecular complexity index is 447. The van der Waals surface area contributed by atoms with Crippen LogP contribution >= 0.6 is 0 Å². The highest BCUT2D eigenvalue weighted by Crippen LogP contribution is 2.17. The summed E-state index contributed by atoms with van der Waals surface area (Å²) in [6.45, 7) is 10.6. The number of nitrogens with one attached hydrogen (secondary N) is 1. The number of hydrogen-bond donors (Lipinski definition) is 1. The highest BCUT2D eigenvalue weighted by Gasteiger charge is 2.16. The molecule has 1 saturated heterocycles. The highest BCUT2D eigenvalue weighted by atomic mass is 15.3. The first kappa shape index (κ1) is 14.9. The fourth-order valence-electron chi connectivity index (χ4n) is 2.66. The number of likely N-dealkylation sites (tertiary alicyclic amines) is 1. The van der Waals surface area contributed by atoms with E-state index in [9.17, 15) is 0 Å².